The Kier molecular flexibility index (Phi) is 4.27. The number of nitrogens with two attached hydrogens (primary N) is 1. The standard InChI is InChI=1S/C17H26N2O/c1-20-15-9-8-13-5-4-7-17(16(13)11-15)19-10-3-2-6-14(19)12-18/h8-9,11,14,17H,2-7,10,12,18H2,1H3. The molecule has 3 rings (SSSR count). The van der Waals surface area contributed by atoms with Gasteiger partial charge < -0.3 is 10.5 Å². The summed E-state index contributed by atoms with van der Waals surface area (Å²) in [6.07, 6.45) is 7.65. The second kappa shape index (κ2) is 6.15. The number of fused-ring (bicyclic) bond motifs is 1. The third-order valence-corrected chi connectivity index (χ3v) is 4.98. The topological polar surface area (TPSA) is 38.5 Å². The number of methoxy groups -OCH3 is 1. The zero-order valence-corrected chi connectivity index (χ0v) is 12.5. The molecule has 0 aromatic heterocycles. The van der Waals surface area contributed by atoms with E-state index in [2.05, 4.69) is 23.1 Å². The Labute approximate surface area is 122 Å². The quantitative estimate of drug-likeness (QED) is 0.921. The first kappa shape index (κ1) is 13.9. The highest BCUT2D eigenvalue weighted by Gasteiger charge is 2.31. The number of piperidine rings is 1. The average molecular weight is 274 g/mol. The van der Waals surface area contributed by atoms with Gasteiger partial charge in [-0.05, 0) is 61.9 Å². The fraction of sp³-hybridized carbons (Fsp3) is 0.647. The second-order valence-electron chi connectivity index (χ2n) is 6.10. The lowest BCUT2D eigenvalue weighted by Crippen LogP contribution is -2.46. The van der Waals surface area contributed by atoms with Crippen LogP contribution in [0.2, 0.25) is 0 Å². The Bertz CT molecular complexity index is 460. The molecule has 2 atom stereocenters. The first-order valence-corrected chi connectivity index (χ1v) is 7.96. The fourth-order valence-corrected chi connectivity index (χ4v) is 3.91. The summed E-state index contributed by atoms with van der Waals surface area (Å²) in [5, 5.41) is 0. The van der Waals surface area contributed by atoms with Crippen LogP contribution < -0.4 is 10.5 Å². The summed E-state index contributed by atoms with van der Waals surface area (Å²) in [4.78, 5) is 2.67. The van der Waals surface area contributed by atoms with Gasteiger partial charge in [-0.1, -0.05) is 12.5 Å². The van der Waals surface area contributed by atoms with Crippen molar-refractivity contribution in [3.8, 4) is 5.75 Å². The van der Waals surface area contributed by atoms with Crippen molar-refractivity contribution < 1.29 is 4.74 Å². The molecule has 1 heterocycles. The predicted octanol–water partition coefficient (Wildman–Crippen LogP) is 2.89. The Morgan fingerprint density at radius 1 is 1.25 bits per heavy atom. The van der Waals surface area contributed by atoms with E-state index in [9.17, 15) is 0 Å². The number of hydrogen-bond donors (Lipinski definition) is 1. The maximum absolute atomic E-state index is 6.01. The minimum Gasteiger partial charge on any atom is -0.497 e. The molecule has 2 N–H and O–H groups in total. The normalized spacial score (nSPS) is 27.1. The molecule has 1 aromatic rings. The molecule has 2 aliphatic rings. The number of aryl methyl sites for hydroxylation is 1. The number of ether oxygens (including phenoxy) is 1. The van der Waals surface area contributed by atoms with E-state index < -0.39 is 0 Å². The van der Waals surface area contributed by atoms with Crippen LogP contribution in [0, 0.1) is 0 Å². The highest BCUT2D eigenvalue weighted by atomic mass is 16.5. The lowest BCUT2D eigenvalue weighted by molar-refractivity contribution is 0.0882. The molecule has 3 nitrogen and oxygen atoms in total. The first-order valence-electron chi connectivity index (χ1n) is 7.96. The average Bonchev–Trinajstić information content (AvgIpc) is 2.53. The van der Waals surface area contributed by atoms with Crippen molar-refractivity contribution in [3.05, 3.63) is 29.3 Å². The van der Waals surface area contributed by atoms with E-state index in [1.54, 1.807) is 7.11 Å². The Hall–Kier alpha value is -1.06. The van der Waals surface area contributed by atoms with Gasteiger partial charge in [-0.15, -0.1) is 0 Å². The van der Waals surface area contributed by atoms with Crippen LogP contribution >= 0.6 is 0 Å². The first-order chi connectivity index (χ1) is 9.83. The molecule has 0 bridgehead atoms. The molecule has 1 fully saturated rings. The van der Waals surface area contributed by atoms with E-state index in [0.717, 1.165) is 12.3 Å². The van der Waals surface area contributed by atoms with Crippen molar-refractivity contribution >= 4 is 0 Å². The van der Waals surface area contributed by atoms with Crippen LogP contribution in [-0.2, 0) is 6.42 Å². The van der Waals surface area contributed by atoms with Crippen molar-refractivity contribution in [1.29, 1.82) is 0 Å². The Balaban J connectivity index is 1.91. The second-order valence-corrected chi connectivity index (χ2v) is 6.10. The largest absolute Gasteiger partial charge is 0.497 e. The van der Waals surface area contributed by atoms with E-state index in [4.69, 9.17) is 10.5 Å². The van der Waals surface area contributed by atoms with Gasteiger partial charge >= 0.3 is 0 Å². The summed E-state index contributed by atoms with van der Waals surface area (Å²) >= 11 is 0. The molecule has 1 aliphatic carbocycles. The predicted molar refractivity (Wildman–Crippen MR) is 82.1 cm³/mol. The van der Waals surface area contributed by atoms with Crippen LogP contribution in [0.4, 0.5) is 0 Å². The summed E-state index contributed by atoms with van der Waals surface area (Å²) in [7, 11) is 1.75. The summed E-state index contributed by atoms with van der Waals surface area (Å²) in [5.74, 6) is 0.983. The molecule has 0 spiro atoms. The lowest BCUT2D eigenvalue weighted by Gasteiger charge is -2.43. The van der Waals surface area contributed by atoms with Crippen LogP contribution in [0.25, 0.3) is 0 Å². The molecule has 1 saturated heterocycles. The molecule has 3 heteroatoms. The van der Waals surface area contributed by atoms with Gasteiger partial charge in [0, 0.05) is 18.6 Å². The van der Waals surface area contributed by atoms with Gasteiger partial charge in [0.15, 0.2) is 0 Å². The van der Waals surface area contributed by atoms with E-state index in [1.807, 2.05) is 0 Å². The monoisotopic (exact) mass is 274 g/mol. The smallest absolute Gasteiger partial charge is 0.119 e. The van der Waals surface area contributed by atoms with Crippen LogP contribution in [0.5, 0.6) is 5.75 Å². The van der Waals surface area contributed by atoms with Gasteiger partial charge in [0.2, 0.25) is 0 Å². The van der Waals surface area contributed by atoms with Gasteiger partial charge in [-0.3, -0.25) is 4.90 Å². The zero-order chi connectivity index (χ0) is 13.9. The van der Waals surface area contributed by atoms with E-state index >= 15 is 0 Å². The molecule has 20 heavy (non-hydrogen) atoms. The van der Waals surface area contributed by atoms with E-state index in [0.29, 0.717) is 12.1 Å². The number of benzene rings is 1. The molecule has 110 valence electrons. The number of nitrogens with zero attached hydrogens (tertiary/aromatic N) is 1. The van der Waals surface area contributed by atoms with Crippen LogP contribution in [0.15, 0.2) is 18.2 Å². The lowest BCUT2D eigenvalue weighted by atomic mass is 9.84. The molecule has 1 aliphatic heterocycles. The van der Waals surface area contributed by atoms with Gasteiger partial charge in [0.1, 0.15) is 5.75 Å². The molecule has 1 aromatic carbocycles. The van der Waals surface area contributed by atoms with E-state index in [-0.39, 0.29) is 0 Å². The highest BCUT2D eigenvalue weighted by Crippen LogP contribution is 2.39. The number of rotatable bonds is 3. The number of hydrogen-bond acceptors (Lipinski definition) is 3. The molecule has 2 unspecified atom stereocenters. The minimum atomic E-state index is 0.544. The molecule has 0 saturated carbocycles. The van der Waals surface area contributed by atoms with Crippen molar-refractivity contribution in [2.45, 2.75) is 50.6 Å². The summed E-state index contributed by atoms with van der Waals surface area (Å²) in [5.41, 5.74) is 9.00. The zero-order valence-electron chi connectivity index (χ0n) is 12.5. The highest BCUT2D eigenvalue weighted by molar-refractivity contribution is 5.39. The van der Waals surface area contributed by atoms with Gasteiger partial charge in [0.05, 0.1) is 7.11 Å². The van der Waals surface area contributed by atoms with Crippen LogP contribution in [0.3, 0.4) is 0 Å². The van der Waals surface area contributed by atoms with Crippen LogP contribution in [0.1, 0.15) is 49.3 Å². The summed E-state index contributed by atoms with van der Waals surface area (Å²) in [6.45, 7) is 1.99. The summed E-state index contributed by atoms with van der Waals surface area (Å²) < 4.78 is 5.43. The fourth-order valence-electron chi connectivity index (χ4n) is 3.91. The third kappa shape index (κ3) is 2.57. The van der Waals surface area contributed by atoms with Gasteiger partial charge in [-0.2, -0.15) is 0 Å². The Morgan fingerprint density at radius 2 is 2.15 bits per heavy atom. The number of likely N-dealkylation sites (tertiary alicyclic amines) is 1. The van der Waals surface area contributed by atoms with Gasteiger partial charge in [-0.25, -0.2) is 0 Å². The van der Waals surface area contributed by atoms with Gasteiger partial charge in [0.25, 0.3) is 0 Å². The van der Waals surface area contributed by atoms with E-state index in [1.165, 1.54) is 56.2 Å². The molecule has 0 amide bonds. The third-order valence-electron chi connectivity index (χ3n) is 4.98. The van der Waals surface area contributed by atoms with Crippen molar-refractivity contribution in [3.63, 3.8) is 0 Å². The minimum absolute atomic E-state index is 0.544. The maximum atomic E-state index is 6.01. The van der Waals surface area contributed by atoms with Crippen LogP contribution in [-0.4, -0.2) is 31.1 Å². The molecular formula is C17H26N2O. The molecular weight excluding hydrogens is 248 g/mol. The SMILES string of the molecule is COc1ccc2c(c1)C(N1CCCCC1CN)CCC2. The molecule has 0 radical (unpaired) electrons. The Morgan fingerprint density at radius 3 is 2.95 bits per heavy atom. The summed E-state index contributed by atoms with van der Waals surface area (Å²) in [6, 6.07) is 7.70. The van der Waals surface area contributed by atoms with Crippen molar-refractivity contribution in [2.24, 2.45) is 5.73 Å². The van der Waals surface area contributed by atoms with Crippen molar-refractivity contribution in [1.82, 2.24) is 4.90 Å². The van der Waals surface area contributed by atoms with Crippen molar-refractivity contribution in [2.75, 3.05) is 20.2 Å². The maximum Gasteiger partial charge on any atom is 0.119 e.